The summed E-state index contributed by atoms with van der Waals surface area (Å²) in [5.74, 6) is -0.383. The molecule has 0 bridgehead atoms. The highest BCUT2D eigenvalue weighted by Gasteiger charge is 2.21. The Labute approximate surface area is 159 Å². The van der Waals surface area contributed by atoms with Crippen LogP contribution >= 0.6 is 11.8 Å². The molecule has 27 heavy (non-hydrogen) atoms. The highest BCUT2D eigenvalue weighted by Crippen LogP contribution is 2.30. The zero-order valence-corrected chi connectivity index (χ0v) is 15.6. The Bertz CT molecular complexity index is 1190. The second-order valence-corrected chi connectivity index (χ2v) is 7.31. The largest absolute Gasteiger partial charge is 0.341 e. The molecule has 0 fully saturated rings. The third-order valence-electron chi connectivity index (χ3n) is 4.23. The van der Waals surface area contributed by atoms with Crippen molar-refractivity contribution in [2.45, 2.75) is 17.3 Å². The van der Waals surface area contributed by atoms with Crippen LogP contribution in [0.4, 0.5) is 4.79 Å². The van der Waals surface area contributed by atoms with E-state index < -0.39 is 11.3 Å². The van der Waals surface area contributed by atoms with Crippen molar-refractivity contribution in [2.75, 3.05) is 7.05 Å². The number of aromatic nitrogens is 3. The molecule has 2 aromatic carbocycles. The number of benzene rings is 2. The van der Waals surface area contributed by atoms with Crippen molar-refractivity contribution < 1.29 is 9.59 Å². The van der Waals surface area contributed by atoms with Gasteiger partial charge in [-0.1, -0.05) is 36.0 Å². The number of hydrogen-bond donors (Lipinski definition) is 2. The number of hydrogen-bond acceptors (Lipinski definition) is 5. The summed E-state index contributed by atoms with van der Waals surface area (Å²) in [6, 6.07) is 15.1. The van der Waals surface area contributed by atoms with Gasteiger partial charge in [0.25, 0.3) is 0 Å². The van der Waals surface area contributed by atoms with E-state index in [2.05, 4.69) is 10.6 Å². The molecule has 0 radical (unpaired) electrons. The summed E-state index contributed by atoms with van der Waals surface area (Å²) in [4.78, 5) is 33.2. The average Bonchev–Trinajstić information content (AvgIpc) is 3.08. The van der Waals surface area contributed by atoms with Crippen molar-refractivity contribution in [1.82, 2.24) is 25.0 Å². The molecular formula is C19H17N5O2S. The molecule has 3 amide bonds. The molecule has 2 heterocycles. The zero-order valence-electron chi connectivity index (χ0n) is 14.8. The van der Waals surface area contributed by atoms with Crippen LogP contribution < -0.4 is 10.6 Å². The van der Waals surface area contributed by atoms with E-state index in [1.165, 1.54) is 18.8 Å². The van der Waals surface area contributed by atoms with Crippen molar-refractivity contribution in [3.63, 3.8) is 0 Å². The Balaban J connectivity index is 1.85. The fraction of sp³-hybridized carbons (Fsp3) is 0.158. The predicted molar refractivity (Wildman–Crippen MR) is 106 cm³/mol. The first-order chi connectivity index (χ1) is 13.1. The van der Waals surface area contributed by atoms with Gasteiger partial charge in [-0.25, -0.2) is 14.8 Å². The van der Waals surface area contributed by atoms with E-state index in [0.717, 1.165) is 27.6 Å². The molecule has 4 aromatic rings. The summed E-state index contributed by atoms with van der Waals surface area (Å²) in [6.45, 7) is 1.74. The third kappa shape index (κ3) is 3.08. The van der Waals surface area contributed by atoms with Crippen LogP contribution in [0.1, 0.15) is 6.92 Å². The lowest BCUT2D eigenvalue weighted by atomic mass is 10.2. The van der Waals surface area contributed by atoms with E-state index in [9.17, 15) is 9.59 Å². The van der Waals surface area contributed by atoms with E-state index in [0.29, 0.717) is 5.16 Å². The molecule has 0 aliphatic heterocycles. The first kappa shape index (κ1) is 17.3. The standard InChI is InChI=1S/C19H17N5O2S/c1-11(17(25)23-18(26)20-2)27-19-22-13-8-4-3-7-12(13)16-21-14-9-5-6-10-15(14)24(16)19/h3-11H,1-2H3,(H2,20,23,25,26)/t11-/m0/s1. The predicted octanol–water partition coefficient (Wildman–Crippen LogP) is 2.97. The summed E-state index contributed by atoms with van der Waals surface area (Å²) in [5, 5.41) is 5.76. The Hall–Kier alpha value is -3.13. The summed E-state index contributed by atoms with van der Waals surface area (Å²) >= 11 is 1.29. The molecule has 2 N–H and O–H groups in total. The second-order valence-electron chi connectivity index (χ2n) is 6.00. The number of urea groups is 1. The maximum atomic E-state index is 12.3. The number of fused-ring (bicyclic) bond motifs is 5. The topological polar surface area (TPSA) is 88.4 Å². The second kappa shape index (κ2) is 6.88. The van der Waals surface area contributed by atoms with Crippen molar-refractivity contribution in [1.29, 1.82) is 0 Å². The summed E-state index contributed by atoms with van der Waals surface area (Å²) < 4.78 is 1.96. The molecule has 0 aliphatic rings. The normalized spacial score (nSPS) is 12.4. The fourth-order valence-corrected chi connectivity index (χ4v) is 3.80. The Morgan fingerprint density at radius 2 is 1.74 bits per heavy atom. The zero-order chi connectivity index (χ0) is 19.0. The molecule has 8 heteroatoms. The molecular weight excluding hydrogens is 362 g/mol. The number of amides is 3. The molecule has 0 saturated carbocycles. The maximum absolute atomic E-state index is 12.3. The van der Waals surface area contributed by atoms with Crippen LogP contribution in [0, 0.1) is 0 Å². The lowest BCUT2D eigenvalue weighted by Crippen LogP contribution is -2.41. The summed E-state index contributed by atoms with van der Waals surface area (Å²) in [5.41, 5.74) is 3.39. The highest BCUT2D eigenvalue weighted by molar-refractivity contribution is 8.00. The van der Waals surface area contributed by atoms with Crippen LogP contribution in [0.5, 0.6) is 0 Å². The number of imidazole rings is 1. The maximum Gasteiger partial charge on any atom is 0.321 e. The average molecular weight is 379 g/mol. The number of para-hydroxylation sites is 3. The monoisotopic (exact) mass is 379 g/mol. The van der Waals surface area contributed by atoms with Crippen molar-refractivity contribution in [3.05, 3.63) is 48.5 Å². The van der Waals surface area contributed by atoms with Crippen LogP contribution in [-0.2, 0) is 4.79 Å². The van der Waals surface area contributed by atoms with Crippen molar-refractivity contribution >= 4 is 51.3 Å². The first-order valence-corrected chi connectivity index (χ1v) is 9.31. The molecule has 0 saturated heterocycles. The van der Waals surface area contributed by atoms with Crippen molar-refractivity contribution in [2.24, 2.45) is 0 Å². The van der Waals surface area contributed by atoms with Gasteiger partial charge in [0.1, 0.15) is 5.65 Å². The highest BCUT2D eigenvalue weighted by atomic mass is 32.2. The molecule has 136 valence electrons. The SMILES string of the molecule is CNC(=O)NC(=O)[C@H](C)Sc1nc2ccccc2c2nc3ccccc3n12. The van der Waals surface area contributed by atoms with E-state index in [-0.39, 0.29) is 5.91 Å². The minimum atomic E-state index is -0.530. The van der Waals surface area contributed by atoms with E-state index in [1.807, 2.05) is 52.9 Å². The number of thioether (sulfide) groups is 1. The number of carbonyl (C=O) groups is 2. The number of nitrogens with zero attached hydrogens (tertiary/aromatic N) is 3. The van der Waals surface area contributed by atoms with Crippen LogP contribution in [0.25, 0.3) is 27.6 Å². The smallest absolute Gasteiger partial charge is 0.321 e. The molecule has 4 rings (SSSR count). The number of rotatable bonds is 3. The molecule has 0 aliphatic carbocycles. The Morgan fingerprint density at radius 1 is 1.04 bits per heavy atom. The van der Waals surface area contributed by atoms with Crippen LogP contribution in [0.2, 0.25) is 0 Å². The quantitative estimate of drug-likeness (QED) is 0.422. The van der Waals surface area contributed by atoms with Crippen molar-refractivity contribution in [3.8, 4) is 0 Å². The van der Waals surface area contributed by atoms with Gasteiger partial charge in [0.05, 0.1) is 21.8 Å². The summed E-state index contributed by atoms with van der Waals surface area (Å²) in [7, 11) is 1.46. The number of carbonyl (C=O) groups excluding carboxylic acids is 2. The van der Waals surface area contributed by atoms with Crippen LogP contribution in [-0.4, -0.2) is 38.6 Å². The van der Waals surface area contributed by atoms with Gasteiger partial charge in [-0.15, -0.1) is 0 Å². The first-order valence-electron chi connectivity index (χ1n) is 8.43. The Kier molecular flexibility index (Phi) is 4.41. The molecule has 0 spiro atoms. The van der Waals surface area contributed by atoms with E-state index in [1.54, 1.807) is 6.92 Å². The Morgan fingerprint density at radius 3 is 2.52 bits per heavy atom. The minimum Gasteiger partial charge on any atom is -0.341 e. The molecule has 7 nitrogen and oxygen atoms in total. The van der Waals surface area contributed by atoms with Crippen LogP contribution in [0.15, 0.2) is 53.7 Å². The molecule has 0 unspecified atom stereocenters. The van der Waals surface area contributed by atoms with Gasteiger partial charge in [0.2, 0.25) is 5.91 Å². The number of nitrogens with one attached hydrogen (secondary N) is 2. The van der Waals surface area contributed by atoms with Gasteiger partial charge in [-0.3, -0.25) is 14.5 Å². The third-order valence-corrected chi connectivity index (χ3v) is 5.28. The van der Waals surface area contributed by atoms with E-state index in [4.69, 9.17) is 9.97 Å². The van der Waals surface area contributed by atoms with E-state index >= 15 is 0 Å². The van der Waals surface area contributed by atoms with Gasteiger partial charge in [-0.05, 0) is 31.2 Å². The fourth-order valence-electron chi connectivity index (χ4n) is 2.88. The van der Waals surface area contributed by atoms with Crippen LogP contribution in [0.3, 0.4) is 0 Å². The molecule has 1 atom stereocenters. The summed E-state index contributed by atoms with van der Waals surface area (Å²) in [6.07, 6.45) is 0. The van der Waals surface area contributed by atoms with Gasteiger partial charge >= 0.3 is 6.03 Å². The lowest BCUT2D eigenvalue weighted by Gasteiger charge is -2.13. The minimum absolute atomic E-state index is 0.383. The molecule has 2 aromatic heterocycles. The van der Waals surface area contributed by atoms with Gasteiger partial charge in [0.15, 0.2) is 5.16 Å². The number of imide groups is 1. The van der Waals surface area contributed by atoms with Gasteiger partial charge in [0, 0.05) is 12.4 Å². The van der Waals surface area contributed by atoms with Gasteiger partial charge < -0.3 is 5.32 Å². The van der Waals surface area contributed by atoms with Gasteiger partial charge in [-0.2, -0.15) is 0 Å². The lowest BCUT2D eigenvalue weighted by molar-refractivity contribution is -0.119.